The molecule has 1 saturated heterocycles. The summed E-state index contributed by atoms with van der Waals surface area (Å²) >= 11 is 0. The highest BCUT2D eigenvalue weighted by Crippen LogP contribution is 2.26. The fourth-order valence-electron chi connectivity index (χ4n) is 3.09. The second-order valence-corrected chi connectivity index (χ2v) is 8.98. The molecule has 0 aromatic heterocycles. The van der Waals surface area contributed by atoms with Crippen molar-refractivity contribution in [1.29, 1.82) is 0 Å². The molecule has 1 fully saturated rings. The van der Waals surface area contributed by atoms with Gasteiger partial charge in [-0.25, -0.2) is 8.42 Å². The van der Waals surface area contributed by atoms with E-state index in [1.807, 2.05) is 6.07 Å². The summed E-state index contributed by atoms with van der Waals surface area (Å²) in [5.41, 5.74) is 0. The second kappa shape index (κ2) is 11.2. The van der Waals surface area contributed by atoms with Crippen molar-refractivity contribution in [3.63, 3.8) is 0 Å². The van der Waals surface area contributed by atoms with Crippen molar-refractivity contribution in [1.82, 2.24) is 9.62 Å². The minimum atomic E-state index is -3.54. The summed E-state index contributed by atoms with van der Waals surface area (Å²) < 4.78 is 48.4. The molecule has 1 aliphatic heterocycles. The van der Waals surface area contributed by atoms with Crippen LogP contribution in [0.25, 0.3) is 0 Å². The zero-order valence-electron chi connectivity index (χ0n) is 18.2. The first kappa shape index (κ1) is 23.8. The lowest BCUT2D eigenvalue weighted by atomic mass is 10.3. The van der Waals surface area contributed by atoms with E-state index < -0.39 is 16.1 Å². The molecule has 0 spiro atoms. The van der Waals surface area contributed by atoms with Gasteiger partial charge in [-0.3, -0.25) is 4.79 Å². The molecule has 10 heteroatoms. The van der Waals surface area contributed by atoms with Gasteiger partial charge in [0, 0.05) is 13.1 Å². The molecule has 1 N–H and O–H groups in total. The number of morpholine rings is 1. The van der Waals surface area contributed by atoms with E-state index >= 15 is 0 Å². The predicted octanol–water partition coefficient (Wildman–Crippen LogP) is 1.68. The van der Waals surface area contributed by atoms with Crippen LogP contribution in [0, 0.1) is 0 Å². The third kappa shape index (κ3) is 6.12. The van der Waals surface area contributed by atoms with Crippen LogP contribution < -0.4 is 19.5 Å². The van der Waals surface area contributed by atoms with Crippen LogP contribution in [-0.4, -0.2) is 71.3 Å². The highest BCUT2D eigenvalue weighted by molar-refractivity contribution is 7.89. The topological polar surface area (TPSA) is 103 Å². The molecule has 2 aromatic carbocycles. The van der Waals surface area contributed by atoms with Crippen LogP contribution in [-0.2, 0) is 19.6 Å². The molecule has 174 valence electrons. The summed E-state index contributed by atoms with van der Waals surface area (Å²) in [7, 11) is -2.00. The molecule has 1 aliphatic rings. The standard InChI is InChI=1S/C22H28N2O7S/c1-17(31-21-6-4-3-5-20(21)28-2)22(25)23-11-14-30-18-7-9-19(10-8-18)32(26,27)24-12-15-29-16-13-24/h3-10,17H,11-16H2,1-2H3,(H,23,25)/t17-/m0/s1. The first-order chi connectivity index (χ1) is 15.4. The Kier molecular flexibility index (Phi) is 8.32. The van der Waals surface area contributed by atoms with Gasteiger partial charge in [-0.05, 0) is 43.3 Å². The number of hydrogen-bond acceptors (Lipinski definition) is 7. The van der Waals surface area contributed by atoms with Gasteiger partial charge in [-0.1, -0.05) is 12.1 Å². The van der Waals surface area contributed by atoms with E-state index in [-0.39, 0.29) is 24.0 Å². The lowest BCUT2D eigenvalue weighted by Gasteiger charge is -2.26. The van der Waals surface area contributed by atoms with Crippen molar-refractivity contribution in [3.8, 4) is 17.2 Å². The van der Waals surface area contributed by atoms with Gasteiger partial charge in [0.25, 0.3) is 5.91 Å². The average molecular weight is 465 g/mol. The molecule has 0 aliphatic carbocycles. The van der Waals surface area contributed by atoms with E-state index in [9.17, 15) is 13.2 Å². The van der Waals surface area contributed by atoms with E-state index in [1.54, 1.807) is 37.3 Å². The number of nitrogens with zero attached hydrogens (tertiary/aromatic N) is 1. The lowest BCUT2D eigenvalue weighted by molar-refractivity contribution is -0.127. The molecule has 0 radical (unpaired) electrons. The molecular weight excluding hydrogens is 436 g/mol. The van der Waals surface area contributed by atoms with Crippen LogP contribution in [0.15, 0.2) is 53.4 Å². The Morgan fingerprint density at radius 2 is 1.75 bits per heavy atom. The van der Waals surface area contributed by atoms with Gasteiger partial charge in [0.1, 0.15) is 12.4 Å². The fourth-order valence-corrected chi connectivity index (χ4v) is 4.50. The Morgan fingerprint density at radius 3 is 2.41 bits per heavy atom. The summed E-state index contributed by atoms with van der Waals surface area (Å²) in [5, 5.41) is 2.74. The molecule has 0 bridgehead atoms. The number of rotatable bonds is 10. The quantitative estimate of drug-likeness (QED) is 0.534. The Morgan fingerprint density at radius 1 is 1.09 bits per heavy atom. The van der Waals surface area contributed by atoms with Crippen molar-refractivity contribution in [2.75, 3.05) is 46.6 Å². The number of methoxy groups -OCH3 is 1. The normalized spacial score (nSPS) is 15.6. The molecule has 0 saturated carbocycles. The van der Waals surface area contributed by atoms with Crippen molar-refractivity contribution in [2.45, 2.75) is 17.9 Å². The highest BCUT2D eigenvalue weighted by Gasteiger charge is 2.26. The van der Waals surface area contributed by atoms with E-state index in [0.29, 0.717) is 43.6 Å². The van der Waals surface area contributed by atoms with Crippen molar-refractivity contribution < 1.29 is 32.2 Å². The van der Waals surface area contributed by atoms with E-state index in [0.717, 1.165) is 0 Å². The fraction of sp³-hybridized carbons (Fsp3) is 0.409. The van der Waals surface area contributed by atoms with E-state index in [2.05, 4.69) is 5.32 Å². The summed E-state index contributed by atoms with van der Waals surface area (Å²) in [5.74, 6) is 1.26. The number of para-hydroxylation sites is 2. The molecule has 3 rings (SSSR count). The van der Waals surface area contributed by atoms with Gasteiger partial charge in [0.05, 0.1) is 31.8 Å². The summed E-state index contributed by atoms with van der Waals surface area (Å²) in [6.45, 7) is 3.63. The van der Waals surface area contributed by atoms with Gasteiger partial charge in [-0.15, -0.1) is 0 Å². The van der Waals surface area contributed by atoms with Gasteiger partial charge < -0.3 is 24.3 Å². The Bertz CT molecular complexity index is 990. The number of nitrogens with one attached hydrogen (secondary N) is 1. The zero-order valence-corrected chi connectivity index (χ0v) is 19.0. The largest absolute Gasteiger partial charge is 0.493 e. The van der Waals surface area contributed by atoms with Crippen molar-refractivity contribution in [2.24, 2.45) is 0 Å². The maximum atomic E-state index is 12.6. The number of ether oxygens (including phenoxy) is 4. The predicted molar refractivity (Wildman–Crippen MR) is 118 cm³/mol. The maximum absolute atomic E-state index is 12.6. The monoisotopic (exact) mass is 464 g/mol. The third-order valence-electron chi connectivity index (χ3n) is 4.84. The lowest BCUT2D eigenvalue weighted by Crippen LogP contribution is -2.40. The molecule has 1 atom stereocenters. The Labute approximate surface area is 188 Å². The number of sulfonamides is 1. The van der Waals surface area contributed by atoms with Crippen LogP contribution in [0.4, 0.5) is 0 Å². The molecule has 1 amide bonds. The number of benzene rings is 2. The van der Waals surface area contributed by atoms with Gasteiger partial charge in [0.2, 0.25) is 10.0 Å². The van der Waals surface area contributed by atoms with Crippen LogP contribution in [0.5, 0.6) is 17.2 Å². The second-order valence-electron chi connectivity index (χ2n) is 7.04. The Balaban J connectivity index is 1.43. The van der Waals surface area contributed by atoms with E-state index in [4.69, 9.17) is 18.9 Å². The van der Waals surface area contributed by atoms with Crippen LogP contribution >= 0.6 is 0 Å². The average Bonchev–Trinajstić information content (AvgIpc) is 2.83. The van der Waals surface area contributed by atoms with Crippen LogP contribution in [0.2, 0.25) is 0 Å². The molecule has 32 heavy (non-hydrogen) atoms. The van der Waals surface area contributed by atoms with E-state index in [1.165, 1.54) is 23.5 Å². The van der Waals surface area contributed by atoms with Gasteiger partial charge in [-0.2, -0.15) is 4.31 Å². The van der Waals surface area contributed by atoms with Crippen LogP contribution in [0.1, 0.15) is 6.92 Å². The number of carbonyl (C=O) groups is 1. The van der Waals surface area contributed by atoms with Gasteiger partial charge in [0.15, 0.2) is 17.6 Å². The summed E-state index contributed by atoms with van der Waals surface area (Å²) in [6.07, 6.45) is -0.712. The number of amides is 1. The molecule has 1 heterocycles. The summed E-state index contributed by atoms with van der Waals surface area (Å²) in [6, 6.07) is 13.3. The number of carbonyl (C=O) groups excluding carboxylic acids is 1. The molecule has 0 unspecified atom stereocenters. The first-order valence-corrected chi connectivity index (χ1v) is 11.7. The van der Waals surface area contributed by atoms with Crippen LogP contribution in [0.3, 0.4) is 0 Å². The molecule has 9 nitrogen and oxygen atoms in total. The first-order valence-electron chi connectivity index (χ1n) is 10.3. The highest BCUT2D eigenvalue weighted by atomic mass is 32.2. The zero-order chi connectivity index (χ0) is 23.0. The molecular formula is C22H28N2O7S. The van der Waals surface area contributed by atoms with Crippen molar-refractivity contribution >= 4 is 15.9 Å². The Hall–Kier alpha value is -2.82. The van der Waals surface area contributed by atoms with Crippen molar-refractivity contribution in [3.05, 3.63) is 48.5 Å². The minimum absolute atomic E-state index is 0.211. The number of hydrogen-bond donors (Lipinski definition) is 1. The summed E-state index contributed by atoms with van der Waals surface area (Å²) in [4.78, 5) is 12.5. The smallest absolute Gasteiger partial charge is 0.260 e. The maximum Gasteiger partial charge on any atom is 0.260 e. The third-order valence-corrected chi connectivity index (χ3v) is 6.76. The SMILES string of the molecule is COc1ccccc1O[C@@H](C)C(=O)NCCOc1ccc(S(=O)(=O)N2CCOCC2)cc1. The van der Waals surface area contributed by atoms with Gasteiger partial charge >= 0.3 is 0 Å². The molecule has 2 aromatic rings. The minimum Gasteiger partial charge on any atom is -0.493 e.